The van der Waals surface area contributed by atoms with Gasteiger partial charge < -0.3 is 10.2 Å². The lowest BCUT2D eigenvalue weighted by Gasteiger charge is -2.30. The van der Waals surface area contributed by atoms with E-state index < -0.39 is 0 Å². The first-order chi connectivity index (χ1) is 8.53. The van der Waals surface area contributed by atoms with Crippen molar-refractivity contribution in [1.29, 1.82) is 0 Å². The quantitative estimate of drug-likeness (QED) is 0.869. The van der Waals surface area contributed by atoms with Gasteiger partial charge in [-0.05, 0) is 37.4 Å². The molecule has 1 aliphatic rings. The maximum Gasteiger partial charge on any atom is 0.244 e. The summed E-state index contributed by atoms with van der Waals surface area (Å²) in [7, 11) is 1.87. The van der Waals surface area contributed by atoms with E-state index in [-0.39, 0.29) is 17.4 Å². The summed E-state index contributed by atoms with van der Waals surface area (Å²) in [5.74, 6) is 0.189. The molecule has 98 valence electrons. The number of hydrogen-bond acceptors (Lipinski definition) is 2. The first-order valence-corrected chi connectivity index (χ1v) is 6.57. The van der Waals surface area contributed by atoms with Gasteiger partial charge in [-0.15, -0.1) is 0 Å². The maximum absolute atomic E-state index is 12.5. The molecule has 0 spiro atoms. The molecule has 0 radical (unpaired) electrons. The summed E-state index contributed by atoms with van der Waals surface area (Å²) in [4.78, 5) is 14.5. The van der Waals surface area contributed by atoms with Gasteiger partial charge >= 0.3 is 0 Å². The highest BCUT2D eigenvalue weighted by Gasteiger charge is 2.34. The van der Waals surface area contributed by atoms with E-state index in [0.29, 0.717) is 0 Å². The topological polar surface area (TPSA) is 32.3 Å². The number of hydrogen-bond donors (Lipinski definition) is 1. The van der Waals surface area contributed by atoms with Crippen molar-refractivity contribution in [3.05, 3.63) is 30.3 Å². The third-order valence-electron chi connectivity index (χ3n) is 3.68. The van der Waals surface area contributed by atoms with Crippen molar-refractivity contribution in [3.63, 3.8) is 0 Å². The molecule has 1 N–H and O–H groups in total. The van der Waals surface area contributed by atoms with E-state index >= 15 is 0 Å². The van der Waals surface area contributed by atoms with Gasteiger partial charge in [0, 0.05) is 12.2 Å². The minimum absolute atomic E-state index is 0.0630. The van der Waals surface area contributed by atoms with E-state index in [2.05, 4.69) is 19.2 Å². The second-order valence-electron chi connectivity index (χ2n) is 5.80. The van der Waals surface area contributed by atoms with Crippen molar-refractivity contribution in [2.24, 2.45) is 5.41 Å². The molecule has 1 aromatic rings. The van der Waals surface area contributed by atoms with Gasteiger partial charge in [-0.3, -0.25) is 4.79 Å². The molecule has 0 saturated carbocycles. The summed E-state index contributed by atoms with van der Waals surface area (Å²) < 4.78 is 0. The first-order valence-electron chi connectivity index (χ1n) is 6.57. The molecule has 1 saturated heterocycles. The highest BCUT2D eigenvalue weighted by Crippen LogP contribution is 2.31. The average molecular weight is 246 g/mol. The van der Waals surface area contributed by atoms with Crippen LogP contribution in [0.25, 0.3) is 0 Å². The number of carbonyl (C=O) groups excluding carboxylic acids is 1. The Morgan fingerprint density at radius 1 is 1.28 bits per heavy atom. The molecule has 1 unspecified atom stereocenters. The third kappa shape index (κ3) is 2.72. The lowest BCUT2D eigenvalue weighted by molar-refractivity contribution is -0.120. The normalized spacial score (nSPS) is 23.8. The molecule has 1 atom stereocenters. The highest BCUT2D eigenvalue weighted by atomic mass is 16.2. The number of amides is 1. The molecule has 3 nitrogen and oxygen atoms in total. The monoisotopic (exact) mass is 246 g/mol. The first kappa shape index (κ1) is 13.1. The summed E-state index contributed by atoms with van der Waals surface area (Å²) >= 11 is 0. The van der Waals surface area contributed by atoms with Gasteiger partial charge in [0.1, 0.15) is 0 Å². The molecule has 1 heterocycles. The number of likely N-dealkylation sites (N-methyl/N-ethyl adjacent to an activating group) is 1. The summed E-state index contributed by atoms with van der Waals surface area (Å²) in [6.07, 6.45) is 1.97. The van der Waals surface area contributed by atoms with Gasteiger partial charge in [0.2, 0.25) is 5.91 Å². The molecule has 0 aliphatic carbocycles. The van der Waals surface area contributed by atoms with Crippen molar-refractivity contribution in [2.75, 3.05) is 18.5 Å². The number of carbonyl (C=O) groups is 1. The van der Waals surface area contributed by atoms with Gasteiger partial charge in [-0.2, -0.15) is 0 Å². The molecule has 18 heavy (non-hydrogen) atoms. The second-order valence-corrected chi connectivity index (χ2v) is 5.80. The average Bonchev–Trinajstić information content (AvgIpc) is 2.48. The zero-order valence-corrected chi connectivity index (χ0v) is 11.4. The summed E-state index contributed by atoms with van der Waals surface area (Å²) in [5, 5.41) is 3.14. The van der Waals surface area contributed by atoms with Gasteiger partial charge in [-0.1, -0.05) is 32.0 Å². The molecule has 1 amide bonds. The lowest BCUT2D eigenvalue weighted by atomic mass is 9.87. The summed E-state index contributed by atoms with van der Waals surface area (Å²) in [5.41, 5.74) is 1.16. The van der Waals surface area contributed by atoms with E-state index in [1.807, 2.05) is 42.3 Å². The SMILES string of the molecule is CNC1CCC(C)(C)CN(c2ccccc2)C1=O. The van der Waals surface area contributed by atoms with Gasteiger partial charge in [-0.25, -0.2) is 0 Å². The van der Waals surface area contributed by atoms with E-state index in [9.17, 15) is 4.79 Å². The van der Waals surface area contributed by atoms with Crippen LogP contribution >= 0.6 is 0 Å². The number of benzene rings is 1. The van der Waals surface area contributed by atoms with Crippen molar-refractivity contribution in [2.45, 2.75) is 32.7 Å². The van der Waals surface area contributed by atoms with Crippen molar-refractivity contribution in [3.8, 4) is 0 Å². The Balaban J connectivity index is 2.32. The third-order valence-corrected chi connectivity index (χ3v) is 3.68. The summed E-state index contributed by atoms with van der Waals surface area (Å²) in [6, 6.07) is 9.89. The number of nitrogens with one attached hydrogen (secondary N) is 1. The Kier molecular flexibility index (Phi) is 3.71. The van der Waals surface area contributed by atoms with Crippen LogP contribution in [-0.2, 0) is 4.79 Å². The fourth-order valence-corrected chi connectivity index (χ4v) is 2.53. The number of rotatable bonds is 2. The smallest absolute Gasteiger partial charge is 0.244 e. The molecule has 3 heteroatoms. The second kappa shape index (κ2) is 5.11. The fraction of sp³-hybridized carbons (Fsp3) is 0.533. The van der Waals surface area contributed by atoms with E-state index in [0.717, 1.165) is 25.1 Å². The Bertz CT molecular complexity index is 414. The standard InChI is InChI=1S/C15H22N2O/c1-15(2)10-9-13(16-3)14(18)17(11-15)12-7-5-4-6-8-12/h4-8,13,16H,9-11H2,1-3H3. The number of nitrogens with zero attached hydrogens (tertiary/aromatic N) is 1. The molecule has 1 aromatic carbocycles. The van der Waals surface area contributed by atoms with Crippen LogP contribution in [0.3, 0.4) is 0 Å². The van der Waals surface area contributed by atoms with Crippen LogP contribution < -0.4 is 10.2 Å². The Labute approximate surface area is 109 Å². The number of anilines is 1. The zero-order chi connectivity index (χ0) is 13.2. The van der Waals surface area contributed by atoms with Gasteiger partial charge in [0.25, 0.3) is 0 Å². The van der Waals surface area contributed by atoms with E-state index in [1.54, 1.807) is 0 Å². The Morgan fingerprint density at radius 3 is 2.56 bits per heavy atom. The molecular formula is C15H22N2O. The van der Waals surface area contributed by atoms with Crippen molar-refractivity contribution >= 4 is 11.6 Å². The molecule has 0 aromatic heterocycles. The predicted octanol–water partition coefficient (Wildman–Crippen LogP) is 2.43. The van der Waals surface area contributed by atoms with E-state index in [4.69, 9.17) is 0 Å². The van der Waals surface area contributed by atoms with Crippen LogP contribution in [0.15, 0.2) is 30.3 Å². The largest absolute Gasteiger partial charge is 0.311 e. The molecule has 0 bridgehead atoms. The Morgan fingerprint density at radius 2 is 1.94 bits per heavy atom. The Hall–Kier alpha value is -1.35. The zero-order valence-electron chi connectivity index (χ0n) is 11.4. The summed E-state index contributed by atoms with van der Waals surface area (Å²) in [6.45, 7) is 5.25. The minimum Gasteiger partial charge on any atom is -0.311 e. The fourth-order valence-electron chi connectivity index (χ4n) is 2.53. The maximum atomic E-state index is 12.5. The van der Waals surface area contributed by atoms with Crippen LogP contribution in [0.4, 0.5) is 5.69 Å². The number of para-hydroxylation sites is 1. The van der Waals surface area contributed by atoms with Crippen molar-refractivity contribution in [1.82, 2.24) is 5.32 Å². The van der Waals surface area contributed by atoms with Crippen molar-refractivity contribution < 1.29 is 4.79 Å². The van der Waals surface area contributed by atoms with E-state index in [1.165, 1.54) is 0 Å². The molecular weight excluding hydrogens is 224 g/mol. The van der Waals surface area contributed by atoms with Crippen LogP contribution in [0, 0.1) is 5.41 Å². The predicted molar refractivity (Wildman–Crippen MR) is 74.7 cm³/mol. The van der Waals surface area contributed by atoms with Gasteiger partial charge in [0.05, 0.1) is 6.04 Å². The highest BCUT2D eigenvalue weighted by molar-refractivity contribution is 5.97. The van der Waals surface area contributed by atoms with Crippen LogP contribution in [0.1, 0.15) is 26.7 Å². The lowest BCUT2D eigenvalue weighted by Crippen LogP contribution is -2.45. The van der Waals surface area contributed by atoms with Crippen LogP contribution in [0.5, 0.6) is 0 Å². The minimum atomic E-state index is -0.0630. The van der Waals surface area contributed by atoms with Crippen LogP contribution in [-0.4, -0.2) is 25.5 Å². The van der Waals surface area contributed by atoms with Crippen LogP contribution in [0.2, 0.25) is 0 Å². The van der Waals surface area contributed by atoms with Gasteiger partial charge in [0.15, 0.2) is 0 Å². The molecule has 2 rings (SSSR count). The molecule has 1 aliphatic heterocycles. The molecule has 1 fully saturated rings.